The van der Waals surface area contributed by atoms with E-state index in [2.05, 4.69) is 0 Å². The van der Waals surface area contributed by atoms with E-state index in [1.807, 2.05) is 23.1 Å². The van der Waals surface area contributed by atoms with E-state index in [0.717, 1.165) is 23.0 Å². The third-order valence-electron chi connectivity index (χ3n) is 5.07. The molecule has 0 N–H and O–H groups in total. The predicted octanol–water partition coefficient (Wildman–Crippen LogP) is 1.31. The molecule has 0 radical (unpaired) electrons. The molecule has 142 valence electrons. The summed E-state index contributed by atoms with van der Waals surface area (Å²) in [4.78, 5) is 26.8. The highest BCUT2D eigenvalue weighted by Crippen LogP contribution is 2.41. The number of hydrogen-bond donors (Lipinski definition) is 0. The Morgan fingerprint density at radius 2 is 1.89 bits per heavy atom. The highest BCUT2D eigenvalue weighted by molar-refractivity contribution is 5.57. The van der Waals surface area contributed by atoms with Gasteiger partial charge >= 0.3 is 5.69 Å². The molecule has 1 saturated heterocycles. The van der Waals surface area contributed by atoms with E-state index >= 15 is 0 Å². The van der Waals surface area contributed by atoms with Crippen molar-refractivity contribution in [3.05, 3.63) is 50.2 Å². The summed E-state index contributed by atoms with van der Waals surface area (Å²) < 4.78 is 13.1. The molecule has 1 aromatic heterocycles. The fourth-order valence-corrected chi connectivity index (χ4v) is 3.70. The minimum atomic E-state index is -0.581. The third-order valence-corrected chi connectivity index (χ3v) is 5.07. The zero-order valence-electron chi connectivity index (χ0n) is 15.9. The largest absolute Gasteiger partial charge is 0.497 e. The lowest BCUT2D eigenvalue weighted by atomic mass is 10.0. The lowest BCUT2D eigenvalue weighted by Crippen LogP contribution is -2.42. The number of aromatic nitrogens is 2. The molecule has 1 aliphatic heterocycles. The summed E-state index contributed by atoms with van der Waals surface area (Å²) in [7, 11) is 6.14. The van der Waals surface area contributed by atoms with Gasteiger partial charge in [0, 0.05) is 32.3 Å². The molecule has 1 fully saturated rings. The third kappa shape index (κ3) is 2.95. The predicted molar refractivity (Wildman–Crippen MR) is 101 cm³/mol. The first-order chi connectivity index (χ1) is 12.9. The molecule has 0 aliphatic carbocycles. The van der Waals surface area contributed by atoms with Crippen molar-refractivity contribution >= 4 is 5.82 Å². The zero-order valence-corrected chi connectivity index (χ0v) is 15.9. The smallest absolute Gasteiger partial charge is 0.332 e. The van der Waals surface area contributed by atoms with E-state index in [4.69, 9.17) is 9.47 Å². The molecular weight excluding hydrogens is 348 g/mol. The topological polar surface area (TPSA) is 89.5 Å². The molecule has 8 heteroatoms. The van der Waals surface area contributed by atoms with Gasteiger partial charge in [-0.1, -0.05) is 0 Å². The zero-order chi connectivity index (χ0) is 19.7. The van der Waals surface area contributed by atoms with Gasteiger partial charge in [-0.15, -0.1) is 0 Å². The highest BCUT2D eigenvalue weighted by Gasteiger charge is 2.33. The highest BCUT2D eigenvalue weighted by atomic mass is 16.5. The number of ether oxygens (including phenoxy) is 2. The number of hydrogen-bond acceptors (Lipinski definition) is 6. The van der Waals surface area contributed by atoms with Crippen LogP contribution in [0.25, 0.3) is 0 Å². The van der Waals surface area contributed by atoms with Crippen molar-refractivity contribution in [3.8, 4) is 17.6 Å². The van der Waals surface area contributed by atoms with Crippen LogP contribution in [0.15, 0.2) is 27.8 Å². The van der Waals surface area contributed by atoms with Gasteiger partial charge in [0.15, 0.2) is 5.56 Å². The second-order valence-electron chi connectivity index (χ2n) is 6.48. The van der Waals surface area contributed by atoms with Crippen LogP contribution in [0, 0.1) is 11.3 Å². The fraction of sp³-hybridized carbons (Fsp3) is 0.421. The van der Waals surface area contributed by atoms with Crippen LogP contribution in [-0.2, 0) is 14.1 Å². The van der Waals surface area contributed by atoms with Gasteiger partial charge in [-0.2, -0.15) is 5.26 Å². The van der Waals surface area contributed by atoms with Gasteiger partial charge in [-0.3, -0.25) is 13.9 Å². The van der Waals surface area contributed by atoms with Gasteiger partial charge in [-0.25, -0.2) is 4.79 Å². The number of nitriles is 1. The average molecular weight is 370 g/mol. The van der Waals surface area contributed by atoms with Crippen LogP contribution >= 0.6 is 0 Å². The number of nitrogens with zero attached hydrogens (tertiary/aromatic N) is 4. The average Bonchev–Trinajstić information content (AvgIpc) is 3.17. The van der Waals surface area contributed by atoms with Crippen LogP contribution in [0.4, 0.5) is 5.82 Å². The Labute approximate surface area is 156 Å². The van der Waals surface area contributed by atoms with Crippen LogP contribution in [0.5, 0.6) is 11.5 Å². The standard InChI is InChI=1S/C19H22N4O4/c1-21-17(14(11-20)18(24)22(2)19(21)25)23-9-5-6-15(23)13-8-7-12(26-3)10-16(13)27-4/h7-8,10,15H,5-6,9H2,1-4H3. The number of rotatable bonds is 4. The Kier molecular flexibility index (Phi) is 4.95. The first-order valence-electron chi connectivity index (χ1n) is 8.63. The number of benzene rings is 1. The molecule has 0 bridgehead atoms. The van der Waals surface area contributed by atoms with Crippen molar-refractivity contribution < 1.29 is 9.47 Å². The van der Waals surface area contributed by atoms with Crippen LogP contribution in [0.3, 0.4) is 0 Å². The van der Waals surface area contributed by atoms with E-state index in [-0.39, 0.29) is 11.6 Å². The first-order valence-corrected chi connectivity index (χ1v) is 8.63. The molecule has 8 nitrogen and oxygen atoms in total. The van der Waals surface area contributed by atoms with E-state index in [9.17, 15) is 14.9 Å². The summed E-state index contributed by atoms with van der Waals surface area (Å²) in [6.45, 7) is 0.634. The molecule has 1 aromatic carbocycles. The second-order valence-corrected chi connectivity index (χ2v) is 6.48. The summed E-state index contributed by atoms with van der Waals surface area (Å²) in [5.74, 6) is 1.70. The van der Waals surface area contributed by atoms with E-state index in [1.165, 1.54) is 11.6 Å². The van der Waals surface area contributed by atoms with Gasteiger partial charge in [0.1, 0.15) is 23.4 Å². The van der Waals surface area contributed by atoms with Gasteiger partial charge in [0.25, 0.3) is 5.56 Å². The Morgan fingerprint density at radius 3 is 2.52 bits per heavy atom. The SMILES string of the molecule is COc1ccc(C2CCCN2c2c(C#N)c(=O)n(C)c(=O)n2C)c(OC)c1. The van der Waals surface area contributed by atoms with Gasteiger partial charge in [0.05, 0.1) is 20.3 Å². The van der Waals surface area contributed by atoms with Crippen molar-refractivity contribution in [2.45, 2.75) is 18.9 Å². The molecule has 1 atom stereocenters. The van der Waals surface area contributed by atoms with Crippen LogP contribution in [0.2, 0.25) is 0 Å². The van der Waals surface area contributed by atoms with Crippen LogP contribution in [0.1, 0.15) is 30.0 Å². The van der Waals surface area contributed by atoms with Crippen molar-refractivity contribution in [1.29, 1.82) is 5.26 Å². The maximum absolute atomic E-state index is 12.5. The lowest BCUT2D eigenvalue weighted by Gasteiger charge is -2.30. The van der Waals surface area contributed by atoms with Crippen LogP contribution in [-0.4, -0.2) is 29.9 Å². The van der Waals surface area contributed by atoms with E-state index in [0.29, 0.717) is 23.9 Å². The van der Waals surface area contributed by atoms with Gasteiger partial charge in [0.2, 0.25) is 0 Å². The molecule has 27 heavy (non-hydrogen) atoms. The quantitative estimate of drug-likeness (QED) is 0.806. The molecule has 1 unspecified atom stereocenters. The molecule has 0 spiro atoms. The summed E-state index contributed by atoms with van der Waals surface area (Å²) in [6.07, 6.45) is 1.69. The summed E-state index contributed by atoms with van der Waals surface area (Å²) in [5, 5.41) is 9.58. The Bertz CT molecular complexity index is 1030. The molecule has 2 heterocycles. The van der Waals surface area contributed by atoms with Crippen molar-refractivity contribution in [1.82, 2.24) is 9.13 Å². The molecule has 0 saturated carbocycles. The molecule has 3 rings (SSSR count). The van der Waals surface area contributed by atoms with Gasteiger partial charge in [-0.05, 0) is 25.0 Å². The van der Waals surface area contributed by atoms with Crippen molar-refractivity contribution in [3.63, 3.8) is 0 Å². The van der Waals surface area contributed by atoms with E-state index < -0.39 is 11.2 Å². The minimum Gasteiger partial charge on any atom is -0.497 e. The molecule has 1 aliphatic rings. The number of anilines is 1. The second kappa shape index (κ2) is 7.19. The maximum Gasteiger partial charge on any atom is 0.332 e. The normalized spacial score (nSPS) is 16.3. The minimum absolute atomic E-state index is 0.0287. The summed E-state index contributed by atoms with van der Waals surface area (Å²) >= 11 is 0. The Balaban J connectivity index is 2.19. The number of methoxy groups -OCH3 is 2. The summed E-state index contributed by atoms with van der Waals surface area (Å²) in [6, 6.07) is 7.45. The van der Waals surface area contributed by atoms with E-state index in [1.54, 1.807) is 27.3 Å². The monoisotopic (exact) mass is 370 g/mol. The van der Waals surface area contributed by atoms with Crippen molar-refractivity contribution in [2.75, 3.05) is 25.7 Å². The first kappa shape index (κ1) is 18.6. The Morgan fingerprint density at radius 1 is 1.15 bits per heavy atom. The molecule has 0 amide bonds. The molecule has 2 aromatic rings. The van der Waals surface area contributed by atoms with Gasteiger partial charge < -0.3 is 14.4 Å². The van der Waals surface area contributed by atoms with Crippen LogP contribution < -0.4 is 25.6 Å². The maximum atomic E-state index is 12.5. The lowest BCUT2D eigenvalue weighted by molar-refractivity contribution is 0.388. The fourth-order valence-electron chi connectivity index (χ4n) is 3.70. The molecular formula is C19H22N4O4. The summed E-state index contributed by atoms with van der Waals surface area (Å²) in [5.41, 5.74) is -0.143. The Hall–Kier alpha value is -3.21. The van der Waals surface area contributed by atoms with Crippen molar-refractivity contribution in [2.24, 2.45) is 14.1 Å².